The van der Waals surface area contributed by atoms with Crippen LogP contribution in [0.1, 0.15) is 26.4 Å². The summed E-state index contributed by atoms with van der Waals surface area (Å²) >= 11 is 8.74. The van der Waals surface area contributed by atoms with E-state index in [2.05, 4.69) is 38.1 Å². The number of aromatic amines is 1. The van der Waals surface area contributed by atoms with Gasteiger partial charge in [0.15, 0.2) is 0 Å². The summed E-state index contributed by atoms with van der Waals surface area (Å²) in [5.41, 5.74) is 6.13. The first-order chi connectivity index (χ1) is 18.0. The number of hydrogen-bond donors (Lipinski definition) is 2. The second-order valence-corrected chi connectivity index (χ2v) is 9.69. The highest BCUT2D eigenvalue weighted by Crippen LogP contribution is 2.37. The van der Waals surface area contributed by atoms with Crippen molar-refractivity contribution in [1.82, 2.24) is 10.4 Å². The van der Waals surface area contributed by atoms with Crippen molar-refractivity contribution < 1.29 is 14.3 Å². The number of amides is 1. The third-order valence-corrected chi connectivity index (χ3v) is 6.63. The van der Waals surface area contributed by atoms with E-state index < -0.39 is 11.9 Å². The summed E-state index contributed by atoms with van der Waals surface area (Å²) in [6.45, 7) is 0. The zero-order valence-electron chi connectivity index (χ0n) is 19.2. The molecule has 1 aromatic heterocycles. The van der Waals surface area contributed by atoms with Gasteiger partial charge >= 0.3 is 5.97 Å². The number of hydrogen-bond acceptors (Lipinski definition) is 4. The highest BCUT2D eigenvalue weighted by atomic mass is 127. The third-order valence-electron chi connectivity index (χ3n) is 5.63. The SMILES string of the molecule is O=C(Oc1ccccc1C=NNC(=O)c1[nH]c2ccc(I)cc2c1-c1ccccc1Cl)c1ccccc1. The van der Waals surface area contributed by atoms with Crippen LogP contribution in [0, 0.1) is 3.57 Å². The zero-order valence-corrected chi connectivity index (χ0v) is 22.2. The number of carbonyl (C=O) groups is 2. The van der Waals surface area contributed by atoms with Crippen LogP contribution in [0.25, 0.3) is 22.0 Å². The van der Waals surface area contributed by atoms with Crippen molar-refractivity contribution in [2.24, 2.45) is 5.10 Å². The third kappa shape index (κ3) is 5.42. The number of aromatic nitrogens is 1. The summed E-state index contributed by atoms with van der Waals surface area (Å²) in [5.74, 6) is -0.593. The maximum atomic E-state index is 13.3. The van der Waals surface area contributed by atoms with Gasteiger partial charge in [-0.3, -0.25) is 4.79 Å². The van der Waals surface area contributed by atoms with Crippen molar-refractivity contribution in [1.29, 1.82) is 0 Å². The lowest BCUT2D eigenvalue weighted by molar-refractivity contribution is 0.0734. The number of nitrogens with one attached hydrogen (secondary N) is 2. The number of ether oxygens (including phenoxy) is 1. The average molecular weight is 620 g/mol. The number of para-hydroxylation sites is 1. The summed E-state index contributed by atoms with van der Waals surface area (Å²) in [7, 11) is 0. The quantitative estimate of drug-likeness (QED) is 0.0701. The lowest BCUT2D eigenvalue weighted by Crippen LogP contribution is -2.19. The number of rotatable bonds is 6. The van der Waals surface area contributed by atoms with Crippen molar-refractivity contribution >= 4 is 63.2 Å². The van der Waals surface area contributed by atoms with Crippen molar-refractivity contribution in [2.45, 2.75) is 0 Å². The van der Waals surface area contributed by atoms with Gasteiger partial charge in [0.1, 0.15) is 11.4 Å². The molecule has 0 radical (unpaired) electrons. The molecular weight excluding hydrogens is 601 g/mol. The van der Waals surface area contributed by atoms with E-state index in [1.807, 2.05) is 42.5 Å². The molecule has 6 nitrogen and oxygen atoms in total. The normalized spacial score (nSPS) is 11.1. The molecule has 0 atom stereocenters. The lowest BCUT2D eigenvalue weighted by atomic mass is 10.0. The topological polar surface area (TPSA) is 83.5 Å². The molecule has 0 bridgehead atoms. The molecule has 0 unspecified atom stereocenters. The Morgan fingerprint density at radius 1 is 0.919 bits per heavy atom. The van der Waals surface area contributed by atoms with Gasteiger partial charge in [-0.15, -0.1) is 0 Å². The molecule has 4 aromatic carbocycles. The molecule has 0 aliphatic rings. The smallest absolute Gasteiger partial charge is 0.343 e. The predicted octanol–water partition coefficient (Wildman–Crippen LogP) is 7.08. The minimum absolute atomic E-state index is 0.325. The van der Waals surface area contributed by atoms with Crippen LogP contribution < -0.4 is 10.2 Å². The van der Waals surface area contributed by atoms with Gasteiger partial charge in [-0.1, -0.05) is 60.1 Å². The van der Waals surface area contributed by atoms with Crippen molar-refractivity contribution in [3.8, 4) is 16.9 Å². The Morgan fingerprint density at radius 3 is 2.46 bits per heavy atom. The van der Waals surface area contributed by atoms with Gasteiger partial charge in [0, 0.05) is 36.2 Å². The van der Waals surface area contributed by atoms with E-state index in [1.54, 1.807) is 54.6 Å². The average Bonchev–Trinajstić information content (AvgIpc) is 3.29. The molecule has 2 N–H and O–H groups in total. The zero-order chi connectivity index (χ0) is 25.8. The van der Waals surface area contributed by atoms with Crippen molar-refractivity contribution in [3.63, 3.8) is 0 Å². The summed E-state index contributed by atoms with van der Waals surface area (Å²) in [6, 6.07) is 28.9. The minimum atomic E-state index is -0.484. The van der Waals surface area contributed by atoms with E-state index >= 15 is 0 Å². The number of H-pyrrole nitrogens is 1. The Morgan fingerprint density at radius 2 is 1.65 bits per heavy atom. The van der Waals surface area contributed by atoms with E-state index in [-0.39, 0.29) is 0 Å². The number of carbonyl (C=O) groups excluding carboxylic acids is 2. The van der Waals surface area contributed by atoms with Crippen LogP contribution in [-0.2, 0) is 0 Å². The van der Waals surface area contributed by atoms with Crippen LogP contribution in [0.4, 0.5) is 0 Å². The van der Waals surface area contributed by atoms with Gasteiger partial charge in [0.2, 0.25) is 0 Å². The number of benzene rings is 4. The Labute approximate surface area is 231 Å². The maximum absolute atomic E-state index is 13.3. The first-order valence-electron chi connectivity index (χ1n) is 11.3. The van der Waals surface area contributed by atoms with E-state index in [9.17, 15) is 9.59 Å². The van der Waals surface area contributed by atoms with Crippen LogP contribution in [0.2, 0.25) is 5.02 Å². The van der Waals surface area contributed by atoms with Gasteiger partial charge < -0.3 is 9.72 Å². The molecule has 0 aliphatic carbocycles. The van der Waals surface area contributed by atoms with E-state index in [1.165, 1.54) is 6.21 Å². The van der Waals surface area contributed by atoms with Gasteiger partial charge in [-0.05, 0) is 71.1 Å². The highest BCUT2D eigenvalue weighted by molar-refractivity contribution is 14.1. The number of nitrogens with zero attached hydrogens (tertiary/aromatic N) is 1. The van der Waals surface area contributed by atoms with Crippen LogP contribution in [-0.4, -0.2) is 23.1 Å². The minimum Gasteiger partial charge on any atom is -0.422 e. The van der Waals surface area contributed by atoms with E-state index in [4.69, 9.17) is 16.3 Å². The first-order valence-corrected chi connectivity index (χ1v) is 12.7. The van der Waals surface area contributed by atoms with Gasteiger partial charge in [-0.25, -0.2) is 10.2 Å². The van der Waals surface area contributed by atoms with Crippen LogP contribution in [0.3, 0.4) is 0 Å². The maximum Gasteiger partial charge on any atom is 0.343 e. The fourth-order valence-electron chi connectivity index (χ4n) is 3.91. The molecule has 0 aliphatic heterocycles. The summed E-state index contributed by atoms with van der Waals surface area (Å²) in [5, 5.41) is 5.55. The lowest BCUT2D eigenvalue weighted by Gasteiger charge is -2.08. The van der Waals surface area contributed by atoms with E-state index in [0.717, 1.165) is 20.0 Å². The molecule has 1 amide bonds. The largest absolute Gasteiger partial charge is 0.422 e. The molecule has 0 saturated carbocycles. The molecule has 0 saturated heterocycles. The fraction of sp³-hybridized carbons (Fsp3) is 0. The summed E-state index contributed by atoms with van der Waals surface area (Å²) in [4.78, 5) is 29.0. The van der Waals surface area contributed by atoms with Crippen LogP contribution in [0.15, 0.2) is 102 Å². The molecule has 5 rings (SSSR count). The standard InChI is InChI=1S/C29H19ClIN3O3/c30-23-12-6-5-11-21(23)26-22-16-20(31)14-15-24(22)33-27(26)28(35)34-32-17-19-10-4-7-13-25(19)37-29(36)18-8-2-1-3-9-18/h1-17,33H,(H,34,35). The van der Waals surface area contributed by atoms with Gasteiger partial charge in [-0.2, -0.15) is 5.10 Å². The number of fused-ring (bicyclic) bond motifs is 1. The summed E-state index contributed by atoms with van der Waals surface area (Å²) < 4.78 is 6.58. The molecule has 0 spiro atoms. The molecule has 0 fully saturated rings. The number of halogens is 2. The second-order valence-electron chi connectivity index (χ2n) is 8.04. The molecule has 37 heavy (non-hydrogen) atoms. The molecule has 1 heterocycles. The Hall–Kier alpha value is -3.95. The Bertz CT molecular complexity index is 1650. The Kier molecular flexibility index (Phi) is 7.34. The summed E-state index contributed by atoms with van der Waals surface area (Å²) in [6.07, 6.45) is 1.44. The molecule has 182 valence electrons. The van der Waals surface area contributed by atoms with Crippen LogP contribution in [0.5, 0.6) is 5.75 Å². The van der Waals surface area contributed by atoms with Crippen LogP contribution >= 0.6 is 34.2 Å². The van der Waals surface area contributed by atoms with Gasteiger partial charge in [0.25, 0.3) is 5.91 Å². The monoisotopic (exact) mass is 619 g/mol. The van der Waals surface area contributed by atoms with Gasteiger partial charge in [0.05, 0.1) is 11.8 Å². The second kappa shape index (κ2) is 11.0. The van der Waals surface area contributed by atoms with Crippen molar-refractivity contribution in [3.05, 3.63) is 122 Å². The fourth-order valence-corrected chi connectivity index (χ4v) is 4.63. The highest BCUT2D eigenvalue weighted by Gasteiger charge is 2.21. The first kappa shape index (κ1) is 24.7. The molecule has 5 aromatic rings. The number of hydrazone groups is 1. The molecular formula is C29H19ClIN3O3. The number of esters is 1. The Balaban J connectivity index is 1.42. The van der Waals surface area contributed by atoms with E-state index in [0.29, 0.717) is 33.2 Å². The molecule has 8 heteroatoms. The van der Waals surface area contributed by atoms with Crippen molar-refractivity contribution in [2.75, 3.05) is 0 Å². The predicted molar refractivity (Wildman–Crippen MR) is 154 cm³/mol.